The molecule has 1 aromatic rings. The van der Waals surface area contributed by atoms with Crippen LogP contribution in [0, 0.1) is 0 Å². The molecule has 1 heterocycles. The van der Waals surface area contributed by atoms with E-state index in [1.807, 2.05) is 6.08 Å². The molecule has 0 radical (unpaired) electrons. The van der Waals surface area contributed by atoms with Crippen LogP contribution in [-0.4, -0.2) is 15.8 Å². The van der Waals surface area contributed by atoms with Crippen molar-refractivity contribution in [3.05, 3.63) is 30.6 Å². The standard InChI is InChI=1S/C13H24N4/c1-4-7-11(15-14)10-12-8-9-17(16-12)13(5-2)6-3/h4,8-9,11,13,15H,1,5-7,10,14H2,2-3H3. The molecule has 1 unspecified atom stereocenters. The average molecular weight is 236 g/mol. The van der Waals surface area contributed by atoms with Crippen molar-refractivity contribution in [2.75, 3.05) is 0 Å². The summed E-state index contributed by atoms with van der Waals surface area (Å²) in [4.78, 5) is 0. The summed E-state index contributed by atoms with van der Waals surface area (Å²) < 4.78 is 2.07. The lowest BCUT2D eigenvalue weighted by Crippen LogP contribution is -2.36. The highest BCUT2D eigenvalue weighted by Gasteiger charge is 2.11. The first-order valence-corrected chi connectivity index (χ1v) is 6.36. The van der Waals surface area contributed by atoms with Gasteiger partial charge in [-0.15, -0.1) is 6.58 Å². The summed E-state index contributed by atoms with van der Waals surface area (Å²) in [5.41, 5.74) is 3.88. The molecule has 3 N–H and O–H groups in total. The van der Waals surface area contributed by atoms with Gasteiger partial charge in [-0.2, -0.15) is 5.10 Å². The summed E-state index contributed by atoms with van der Waals surface area (Å²) >= 11 is 0. The topological polar surface area (TPSA) is 55.9 Å². The third-order valence-corrected chi connectivity index (χ3v) is 3.12. The molecule has 0 aliphatic rings. The van der Waals surface area contributed by atoms with Gasteiger partial charge in [0.1, 0.15) is 0 Å². The second kappa shape index (κ2) is 7.25. The first-order valence-electron chi connectivity index (χ1n) is 6.36. The molecule has 1 rings (SSSR count). The van der Waals surface area contributed by atoms with Crippen LogP contribution in [0.25, 0.3) is 0 Å². The Kier molecular flexibility index (Phi) is 5.94. The Bertz CT molecular complexity index is 328. The van der Waals surface area contributed by atoms with E-state index in [1.54, 1.807) is 0 Å². The molecule has 0 saturated carbocycles. The molecule has 0 saturated heterocycles. The number of hydrazine groups is 1. The number of nitrogens with one attached hydrogen (secondary N) is 1. The lowest BCUT2D eigenvalue weighted by atomic mass is 10.1. The van der Waals surface area contributed by atoms with Gasteiger partial charge in [-0.25, -0.2) is 0 Å². The molecule has 0 aromatic carbocycles. The molecule has 17 heavy (non-hydrogen) atoms. The maximum atomic E-state index is 5.49. The Morgan fingerprint density at radius 3 is 2.76 bits per heavy atom. The van der Waals surface area contributed by atoms with Crippen LogP contribution in [0.2, 0.25) is 0 Å². The Morgan fingerprint density at radius 2 is 2.24 bits per heavy atom. The van der Waals surface area contributed by atoms with Crippen LogP contribution in [0.3, 0.4) is 0 Å². The Labute approximate surface area is 104 Å². The van der Waals surface area contributed by atoms with Crippen molar-refractivity contribution < 1.29 is 0 Å². The van der Waals surface area contributed by atoms with Crippen LogP contribution in [0.5, 0.6) is 0 Å². The van der Waals surface area contributed by atoms with Crippen LogP contribution in [0.1, 0.15) is 44.8 Å². The summed E-state index contributed by atoms with van der Waals surface area (Å²) in [6.45, 7) is 8.11. The smallest absolute Gasteiger partial charge is 0.0640 e. The molecule has 4 nitrogen and oxygen atoms in total. The van der Waals surface area contributed by atoms with Crippen molar-refractivity contribution in [1.29, 1.82) is 0 Å². The number of hydrogen-bond donors (Lipinski definition) is 2. The highest BCUT2D eigenvalue weighted by molar-refractivity contribution is 5.03. The van der Waals surface area contributed by atoms with Crippen LogP contribution >= 0.6 is 0 Å². The fourth-order valence-electron chi connectivity index (χ4n) is 2.02. The summed E-state index contributed by atoms with van der Waals surface area (Å²) in [7, 11) is 0. The lowest BCUT2D eigenvalue weighted by Gasteiger charge is -2.14. The molecule has 0 fully saturated rings. The number of nitrogens with zero attached hydrogens (tertiary/aromatic N) is 2. The first kappa shape index (κ1) is 13.9. The predicted molar refractivity (Wildman–Crippen MR) is 71.5 cm³/mol. The van der Waals surface area contributed by atoms with Gasteiger partial charge in [0.2, 0.25) is 0 Å². The zero-order valence-corrected chi connectivity index (χ0v) is 10.9. The maximum absolute atomic E-state index is 5.49. The summed E-state index contributed by atoms with van der Waals surface area (Å²) in [6, 6.07) is 2.80. The van der Waals surface area contributed by atoms with E-state index < -0.39 is 0 Å². The largest absolute Gasteiger partial charge is 0.271 e. The third kappa shape index (κ3) is 3.98. The van der Waals surface area contributed by atoms with E-state index in [0.29, 0.717) is 6.04 Å². The number of hydrogen-bond acceptors (Lipinski definition) is 3. The van der Waals surface area contributed by atoms with Crippen molar-refractivity contribution in [1.82, 2.24) is 15.2 Å². The number of nitrogens with two attached hydrogens (primary N) is 1. The minimum atomic E-state index is 0.220. The van der Waals surface area contributed by atoms with Gasteiger partial charge in [-0.05, 0) is 25.3 Å². The third-order valence-electron chi connectivity index (χ3n) is 3.12. The molecule has 0 aliphatic heterocycles. The minimum Gasteiger partial charge on any atom is -0.271 e. The van der Waals surface area contributed by atoms with E-state index in [1.165, 1.54) is 0 Å². The highest BCUT2D eigenvalue weighted by Crippen LogP contribution is 2.15. The SMILES string of the molecule is C=CCC(Cc1ccn(C(CC)CC)n1)NN. The second-order valence-electron chi connectivity index (χ2n) is 4.35. The maximum Gasteiger partial charge on any atom is 0.0640 e. The van der Waals surface area contributed by atoms with E-state index in [-0.39, 0.29) is 6.04 Å². The second-order valence-corrected chi connectivity index (χ2v) is 4.35. The first-order chi connectivity index (χ1) is 8.24. The summed E-state index contributed by atoms with van der Waals surface area (Å²) in [6.07, 6.45) is 7.87. The van der Waals surface area contributed by atoms with Crippen molar-refractivity contribution >= 4 is 0 Å². The molecular formula is C13H24N4. The fourth-order valence-corrected chi connectivity index (χ4v) is 2.02. The van der Waals surface area contributed by atoms with Crippen LogP contribution < -0.4 is 11.3 Å². The van der Waals surface area contributed by atoms with Gasteiger partial charge >= 0.3 is 0 Å². The Balaban J connectivity index is 2.63. The Morgan fingerprint density at radius 1 is 1.53 bits per heavy atom. The van der Waals surface area contributed by atoms with E-state index >= 15 is 0 Å². The van der Waals surface area contributed by atoms with Crippen LogP contribution in [0.4, 0.5) is 0 Å². The molecule has 96 valence electrons. The summed E-state index contributed by atoms with van der Waals surface area (Å²) in [5.74, 6) is 5.49. The van der Waals surface area contributed by atoms with E-state index in [9.17, 15) is 0 Å². The van der Waals surface area contributed by atoms with Gasteiger partial charge in [0.15, 0.2) is 0 Å². The molecule has 0 spiro atoms. The molecule has 1 atom stereocenters. The van der Waals surface area contributed by atoms with Crippen molar-refractivity contribution in [3.8, 4) is 0 Å². The van der Waals surface area contributed by atoms with E-state index in [2.05, 4.69) is 47.9 Å². The molecule has 0 bridgehead atoms. The van der Waals surface area contributed by atoms with Gasteiger partial charge in [-0.1, -0.05) is 19.9 Å². The zero-order valence-electron chi connectivity index (χ0n) is 10.9. The molecular weight excluding hydrogens is 212 g/mol. The van der Waals surface area contributed by atoms with Gasteiger partial charge in [-0.3, -0.25) is 16.0 Å². The molecule has 1 aromatic heterocycles. The predicted octanol–water partition coefficient (Wildman–Crippen LogP) is 2.19. The number of rotatable bonds is 8. The van der Waals surface area contributed by atoms with Crippen LogP contribution in [-0.2, 0) is 6.42 Å². The van der Waals surface area contributed by atoms with E-state index in [4.69, 9.17) is 5.84 Å². The van der Waals surface area contributed by atoms with Gasteiger partial charge in [0.05, 0.1) is 11.7 Å². The quantitative estimate of drug-likeness (QED) is 0.413. The van der Waals surface area contributed by atoms with Gasteiger partial charge < -0.3 is 0 Å². The monoisotopic (exact) mass is 236 g/mol. The normalized spacial score (nSPS) is 12.9. The molecule has 4 heteroatoms. The summed E-state index contributed by atoms with van der Waals surface area (Å²) in [5, 5.41) is 4.61. The minimum absolute atomic E-state index is 0.220. The lowest BCUT2D eigenvalue weighted by molar-refractivity contribution is 0.422. The van der Waals surface area contributed by atoms with Crippen molar-refractivity contribution in [2.24, 2.45) is 5.84 Å². The highest BCUT2D eigenvalue weighted by atomic mass is 15.3. The number of aromatic nitrogens is 2. The van der Waals surface area contributed by atoms with Gasteiger partial charge in [0.25, 0.3) is 0 Å². The van der Waals surface area contributed by atoms with E-state index in [0.717, 1.165) is 31.4 Å². The van der Waals surface area contributed by atoms with Crippen molar-refractivity contribution in [2.45, 2.75) is 51.6 Å². The fraction of sp³-hybridized carbons (Fsp3) is 0.615. The van der Waals surface area contributed by atoms with Crippen molar-refractivity contribution in [3.63, 3.8) is 0 Å². The Hall–Kier alpha value is -1.13. The molecule has 0 amide bonds. The van der Waals surface area contributed by atoms with Gasteiger partial charge in [0, 0.05) is 18.7 Å². The van der Waals surface area contributed by atoms with Crippen LogP contribution in [0.15, 0.2) is 24.9 Å². The zero-order chi connectivity index (χ0) is 12.7. The average Bonchev–Trinajstić information content (AvgIpc) is 2.79. The molecule has 0 aliphatic carbocycles.